The summed E-state index contributed by atoms with van der Waals surface area (Å²) in [4.78, 5) is 0. The average molecular weight is 1690 g/mol. The zero-order valence-electron chi connectivity index (χ0n) is 93.6. The normalized spacial score (nSPS) is 14.2. The zero-order chi connectivity index (χ0) is 107. The SMILES string of the molecule is [2H]c1c([2H])c([2H])c2c(-c3cccc4oc5ccccc5c34)c3c([2H])c([2H])c([2H])c([2H])c3c(-c3ccc(-c4cccc5ccccc45)c4ccccc34)c2c1[2H].[2H]c1c([2H])c([2H])c2c(-c3cccc4oc5ccccc5c34)c3c([2H])c([2H])c([2H])c([2H])c3c(-c3ccccc3-c3ccc(-c4ccccc4)cc3)c2c1[2H].[2H]c1c([2H])c([2H])c2c(-c3cccc4oc5ccccc5c34)c3c([2H])c([2H])c([2H])c([2H])c3c(-c3ccccc3-c3ccccc3)c2c1[2H]. The van der Waals surface area contributed by atoms with Gasteiger partial charge in [-0.15, -0.1) is 0 Å². The van der Waals surface area contributed by atoms with Crippen LogP contribution in [0.4, 0.5) is 0 Å². The van der Waals surface area contributed by atoms with Crippen LogP contribution in [0.15, 0.2) is 498 Å². The first-order valence-electron chi connectivity index (χ1n) is 55.0. The fraction of sp³-hybridized carbons (Fsp3) is 0. The Morgan fingerprint density at radius 2 is 0.351 bits per heavy atom. The molecule has 0 aliphatic rings. The van der Waals surface area contributed by atoms with Crippen molar-refractivity contribution >= 4 is 152 Å². The van der Waals surface area contributed by atoms with Crippen LogP contribution in [0.2, 0.25) is 0 Å². The second kappa shape index (κ2) is 32.0. The van der Waals surface area contributed by atoms with Gasteiger partial charge in [-0.1, -0.05) is 448 Å². The van der Waals surface area contributed by atoms with Gasteiger partial charge < -0.3 is 13.3 Å². The van der Waals surface area contributed by atoms with E-state index in [1.54, 1.807) is 18.2 Å². The zero-order valence-corrected chi connectivity index (χ0v) is 69.6. The highest BCUT2D eigenvalue weighted by molar-refractivity contribution is 6.31. The summed E-state index contributed by atoms with van der Waals surface area (Å²) in [7, 11) is 0. The molecule has 0 aliphatic carbocycles. The van der Waals surface area contributed by atoms with Crippen LogP contribution in [-0.2, 0) is 0 Å². The summed E-state index contributed by atoms with van der Waals surface area (Å²) in [5.74, 6) is 0. The monoisotopic (exact) mass is 1690 g/mol. The second-order valence-electron chi connectivity index (χ2n) is 32.2. The highest BCUT2D eigenvalue weighted by Crippen LogP contribution is 2.54. The number of furan rings is 3. The Morgan fingerprint density at radius 1 is 0.130 bits per heavy atom. The summed E-state index contributed by atoms with van der Waals surface area (Å²) >= 11 is 0. The van der Waals surface area contributed by atoms with E-state index in [9.17, 15) is 16.4 Å². The third-order valence-electron chi connectivity index (χ3n) is 25.2. The molecule has 0 unspecified atom stereocenters. The van der Waals surface area contributed by atoms with Crippen molar-refractivity contribution in [3.05, 3.63) is 485 Å². The quantitative estimate of drug-likeness (QED) is 0.128. The molecule has 3 heteroatoms. The molecule has 0 N–H and O–H groups in total. The molecule has 27 aromatic rings. The molecule has 0 atom stereocenters. The van der Waals surface area contributed by atoms with Gasteiger partial charge in [-0.05, 0) is 234 Å². The maximum atomic E-state index is 9.51. The van der Waals surface area contributed by atoms with E-state index in [1.165, 1.54) is 0 Å². The predicted molar refractivity (Wildman–Crippen MR) is 556 cm³/mol. The summed E-state index contributed by atoms with van der Waals surface area (Å²) < 4.78 is 238. The van der Waals surface area contributed by atoms with Crippen molar-refractivity contribution in [2.75, 3.05) is 0 Å². The summed E-state index contributed by atoms with van der Waals surface area (Å²) in [5.41, 5.74) is 15.9. The van der Waals surface area contributed by atoms with Crippen LogP contribution in [0, 0.1) is 0 Å². The van der Waals surface area contributed by atoms with Crippen LogP contribution in [-0.4, -0.2) is 0 Å². The van der Waals surface area contributed by atoms with Gasteiger partial charge in [0.1, 0.15) is 33.5 Å². The number of hydrogen-bond donors (Lipinski definition) is 0. The van der Waals surface area contributed by atoms with Gasteiger partial charge in [0.05, 0.1) is 32.9 Å². The lowest BCUT2D eigenvalue weighted by molar-refractivity contribution is 0.668. The van der Waals surface area contributed by atoms with Crippen molar-refractivity contribution in [2.45, 2.75) is 0 Å². The van der Waals surface area contributed by atoms with Gasteiger partial charge in [-0.2, -0.15) is 0 Å². The first-order valence-corrected chi connectivity index (χ1v) is 43.0. The van der Waals surface area contributed by atoms with Gasteiger partial charge in [-0.3, -0.25) is 0 Å². The number of para-hydroxylation sites is 3. The first-order chi connectivity index (χ1) is 75.0. The van der Waals surface area contributed by atoms with Gasteiger partial charge in [0.15, 0.2) is 0 Å². The Labute approximate surface area is 790 Å². The Morgan fingerprint density at radius 3 is 0.733 bits per heavy atom. The lowest BCUT2D eigenvalue weighted by Gasteiger charge is -2.20. The molecule has 3 aromatic heterocycles. The Bertz CT molecular complexity index is 10600. The molecular formula is C128H80O3. The van der Waals surface area contributed by atoms with E-state index < -0.39 is 72.5 Å². The van der Waals surface area contributed by atoms with E-state index in [0.29, 0.717) is 116 Å². The van der Waals surface area contributed by atoms with Crippen LogP contribution < -0.4 is 0 Å². The number of hydrogen-bond acceptors (Lipinski definition) is 3. The van der Waals surface area contributed by atoms with E-state index in [2.05, 4.69) is 24.3 Å². The summed E-state index contributed by atoms with van der Waals surface area (Å²) in [5, 5.41) is 10.2. The number of rotatable bonds is 10. The number of benzene rings is 24. The van der Waals surface area contributed by atoms with E-state index in [-0.39, 0.29) is 137 Å². The summed E-state index contributed by atoms with van der Waals surface area (Å²) in [6, 6.07) is 98.7. The fourth-order valence-electron chi connectivity index (χ4n) is 19.6. The maximum absolute atomic E-state index is 9.51. The lowest BCUT2D eigenvalue weighted by Crippen LogP contribution is -1.93. The van der Waals surface area contributed by atoms with Crippen LogP contribution >= 0.6 is 0 Å². The van der Waals surface area contributed by atoms with Crippen LogP contribution in [0.1, 0.15) is 32.9 Å². The standard InChI is InChI=1S/C46H28O.C44H28O.C38H24O/c1-2-15-30-29(13-1)14-11-23-31(30)34-27-28-39(33-17-4-3-16-32(33)34)44-35-18-5-7-20-37(35)45(38-21-8-6-19-36(38)44)41-24-12-26-43-46(41)40-22-9-10-25-42(40)47-43;1-2-13-29(14-3-1)30-25-27-31(28-26-30)32-15-4-5-16-33(32)42-34-17-6-8-19-36(34)43(37-20-9-7-18-35(37)42)39-22-12-24-41-44(39)38-21-10-11-23-40(38)45-41;1-2-13-25(14-3-1)26-15-4-5-16-27(26)36-28-17-6-8-19-30(28)37(31-20-9-7-18-29(31)36)33-22-12-24-35-38(33)32-21-10-11-23-34(32)39-35/h1-28H;1-28H;1-24H/i5D,6D,7D,8D,18D,19D,20D,21D;2*6D,7D,8D,9D,17D,18D,19D,20D. The molecule has 0 saturated heterocycles. The smallest absolute Gasteiger partial charge is 0.136 e. The van der Waals surface area contributed by atoms with Crippen molar-refractivity contribution < 1.29 is 46.1 Å². The molecule has 0 aliphatic heterocycles. The second-order valence-corrected chi connectivity index (χ2v) is 32.2. The molecule has 131 heavy (non-hydrogen) atoms. The largest absolute Gasteiger partial charge is 0.456 e. The molecule has 3 heterocycles. The topological polar surface area (TPSA) is 39.4 Å². The minimum absolute atomic E-state index is 0.163. The Balaban J connectivity index is 0.000000120. The third-order valence-corrected chi connectivity index (χ3v) is 25.2. The van der Waals surface area contributed by atoms with Gasteiger partial charge in [0.25, 0.3) is 0 Å². The molecule has 0 radical (unpaired) electrons. The van der Waals surface area contributed by atoms with E-state index in [4.69, 9.17) is 29.7 Å². The molecule has 0 bridgehead atoms. The van der Waals surface area contributed by atoms with Crippen molar-refractivity contribution in [2.24, 2.45) is 0 Å². The molecule has 610 valence electrons. The summed E-state index contributed by atoms with van der Waals surface area (Å²) in [6.07, 6.45) is 0. The maximum Gasteiger partial charge on any atom is 0.136 e. The first kappa shape index (κ1) is 55.3. The molecule has 0 fully saturated rings. The van der Waals surface area contributed by atoms with E-state index >= 15 is 0 Å². The third kappa shape index (κ3) is 12.8. The van der Waals surface area contributed by atoms with Gasteiger partial charge in [0.2, 0.25) is 0 Å². The Hall–Kier alpha value is -17.2. The molecule has 27 rings (SSSR count). The molecule has 24 aromatic carbocycles. The average Bonchev–Trinajstić information content (AvgIpc) is 1.55. The van der Waals surface area contributed by atoms with Gasteiger partial charge >= 0.3 is 0 Å². The van der Waals surface area contributed by atoms with Crippen molar-refractivity contribution in [3.63, 3.8) is 0 Å². The molecular weight excluding hydrogens is 1590 g/mol. The van der Waals surface area contributed by atoms with E-state index in [1.807, 2.05) is 297 Å². The van der Waals surface area contributed by atoms with Crippen molar-refractivity contribution in [1.82, 2.24) is 0 Å². The highest BCUT2D eigenvalue weighted by atomic mass is 16.3. The van der Waals surface area contributed by atoms with Crippen LogP contribution in [0.25, 0.3) is 263 Å². The minimum atomic E-state index is -0.441. The molecule has 0 amide bonds. The Kier molecular flexibility index (Phi) is 13.5. The molecule has 0 spiro atoms. The van der Waals surface area contributed by atoms with Crippen molar-refractivity contribution in [3.8, 4) is 111 Å². The molecule has 3 nitrogen and oxygen atoms in total. The fourth-order valence-corrected chi connectivity index (χ4v) is 19.6. The predicted octanol–water partition coefficient (Wildman–Crippen LogP) is 36.7. The van der Waals surface area contributed by atoms with Crippen LogP contribution in [0.5, 0.6) is 0 Å². The van der Waals surface area contributed by atoms with Crippen LogP contribution in [0.3, 0.4) is 0 Å². The van der Waals surface area contributed by atoms with Crippen molar-refractivity contribution in [1.29, 1.82) is 0 Å². The molecule has 0 saturated carbocycles. The lowest BCUT2D eigenvalue weighted by atomic mass is 9.83. The highest BCUT2D eigenvalue weighted by Gasteiger charge is 2.27. The number of fused-ring (bicyclic) bond motifs is 17. The minimum Gasteiger partial charge on any atom is -0.456 e. The summed E-state index contributed by atoms with van der Waals surface area (Å²) in [6.45, 7) is 0. The van der Waals surface area contributed by atoms with E-state index in [0.717, 1.165) is 82.2 Å². The van der Waals surface area contributed by atoms with Gasteiger partial charge in [-0.25, -0.2) is 0 Å². The van der Waals surface area contributed by atoms with Gasteiger partial charge in [0, 0.05) is 32.3 Å².